The summed E-state index contributed by atoms with van der Waals surface area (Å²) in [6.45, 7) is 0. The van der Waals surface area contributed by atoms with Crippen LogP contribution in [0.2, 0.25) is 5.02 Å². The molecule has 0 radical (unpaired) electrons. The molecule has 0 bridgehead atoms. The van der Waals surface area contributed by atoms with E-state index in [0.29, 0.717) is 21.8 Å². The third kappa shape index (κ3) is 3.14. The highest BCUT2D eigenvalue weighted by Gasteiger charge is 2.23. The maximum Gasteiger partial charge on any atom is 0.343 e. The van der Waals surface area contributed by atoms with Gasteiger partial charge in [-0.05, 0) is 29.8 Å². The molecule has 25 heavy (non-hydrogen) atoms. The summed E-state index contributed by atoms with van der Waals surface area (Å²) in [5.41, 5.74) is 0.755. The standard InChI is InChI=1S/C19H14ClNO4/c1-25-19(24)17-15(12-5-3-2-4-6-12)11-16(22)21(18(17)23)14-9-7-13(20)8-10-14/h2-11,23H,1H3. The molecular formula is C19H14ClNO4. The van der Waals surface area contributed by atoms with E-state index in [2.05, 4.69) is 0 Å². The molecule has 0 spiro atoms. The SMILES string of the molecule is COC(=O)c1c(-c2ccccc2)cc(=O)n(-c2ccc(Cl)cc2)c1O. The predicted octanol–water partition coefficient (Wildman–Crippen LogP) is 3.65. The summed E-state index contributed by atoms with van der Waals surface area (Å²) in [5, 5.41) is 11.2. The number of nitrogens with zero attached hydrogens (tertiary/aromatic N) is 1. The first-order valence-electron chi connectivity index (χ1n) is 7.41. The van der Waals surface area contributed by atoms with Crippen molar-refractivity contribution in [3.8, 4) is 22.7 Å². The topological polar surface area (TPSA) is 68.5 Å². The van der Waals surface area contributed by atoms with Crippen LogP contribution in [0.25, 0.3) is 16.8 Å². The number of carbonyl (C=O) groups excluding carboxylic acids is 1. The van der Waals surface area contributed by atoms with Gasteiger partial charge in [0.25, 0.3) is 5.56 Å². The molecule has 6 heteroatoms. The first-order valence-corrected chi connectivity index (χ1v) is 7.79. The van der Waals surface area contributed by atoms with Gasteiger partial charge in [0.05, 0.1) is 12.8 Å². The second-order valence-corrected chi connectivity index (χ2v) is 5.70. The maximum atomic E-state index is 12.6. The predicted molar refractivity (Wildman–Crippen MR) is 95.5 cm³/mol. The molecular weight excluding hydrogens is 342 g/mol. The van der Waals surface area contributed by atoms with E-state index < -0.39 is 17.4 Å². The molecule has 0 atom stereocenters. The Morgan fingerprint density at radius 3 is 2.32 bits per heavy atom. The summed E-state index contributed by atoms with van der Waals surface area (Å²) < 4.78 is 5.83. The zero-order chi connectivity index (χ0) is 18.0. The molecule has 1 N–H and O–H groups in total. The molecule has 5 nitrogen and oxygen atoms in total. The van der Waals surface area contributed by atoms with Gasteiger partial charge in [-0.2, -0.15) is 0 Å². The number of aromatic hydroxyl groups is 1. The Bertz CT molecular complexity index is 979. The molecule has 2 aromatic carbocycles. The van der Waals surface area contributed by atoms with Crippen molar-refractivity contribution in [2.24, 2.45) is 0 Å². The lowest BCUT2D eigenvalue weighted by atomic mass is 10.0. The Labute approximate surface area is 148 Å². The summed E-state index contributed by atoms with van der Waals surface area (Å²) in [4.78, 5) is 24.9. The van der Waals surface area contributed by atoms with Gasteiger partial charge < -0.3 is 9.84 Å². The largest absolute Gasteiger partial charge is 0.493 e. The number of methoxy groups -OCH3 is 1. The van der Waals surface area contributed by atoms with E-state index in [1.54, 1.807) is 48.5 Å². The minimum Gasteiger partial charge on any atom is -0.493 e. The first-order chi connectivity index (χ1) is 12.0. The minimum absolute atomic E-state index is 0.0803. The number of hydrogen-bond donors (Lipinski definition) is 1. The van der Waals surface area contributed by atoms with Gasteiger partial charge in [0.1, 0.15) is 5.56 Å². The van der Waals surface area contributed by atoms with E-state index in [4.69, 9.17) is 16.3 Å². The molecule has 0 saturated carbocycles. The fourth-order valence-electron chi connectivity index (χ4n) is 2.59. The zero-order valence-electron chi connectivity index (χ0n) is 13.3. The van der Waals surface area contributed by atoms with Gasteiger partial charge in [0.2, 0.25) is 5.88 Å². The van der Waals surface area contributed by atoms with Crippen LogP contribution in [0.5, 0.6) is 5.88 Å². The molecule has 0 aliphatic carbocycles. The molecule has 126 valence electrons. The Hall–Kier alpha value is -3.05. The molecule has 1 heterocycles. The Kier molecular flexibility index (Phi) is 4.59. The normalized spacial score (nSPS) is 10.5. The van der Waals surface area contributed by atoms with Crippen molar-refractivity contribution in [2.45, 2.75) is 0 Å². The highest BCUT2D eigenvalue weighted by molar-refractivity contribution is 6.30. The molecule has 1 aromatic heterocycles. The summed E-state index contributed by atoms with van der Waals surface area (Å²) in [6, 6.07) is 16.5. The van der Waals surface area contributed by atoms with Crippen LogP contribution >= 0.6 is 11.6 Å². The lowest BCUT2D eigenvalue weighted by Crippen LogP contribution is -2.21. The van der Waals surface area contributed by atoms with Gasteiger partial charge >= 0.3 is 5.97 Å². The van der Waals surface area contributed by atoms with Crippen LogP contribution in [-0.4, -0.2) is 22.8 Å². The van der Waals surface area contributed by atoms with Gasteiger partial charge in [0, 0.05) is 16.7 Å². The molecule has 0 amide bonds. The van der Waals surface area contributed by atoms with Gasteiger partial charge in [0.15, 0.2) is 0 Å². The Morgan fingerprint density at radius 1 is 1.08 bits per heavy atom. The number of halogens is 1. The van der Waals surface area contributed by atoms with E-state index >= 15 is 0 Å². The average molecular weight is 356 g/mol. The summed E-state index contributed by atoms with van der Waals surface area (Å²) in [5.74, 6) is -1.22. The number of ether oxygens (including phenoxy) is 1. The van der Waals surface area contributed by atoms with Crippen molar-refractivity contribution in [3.63, 3.8) is 0 Å². The second-order valence-electron chi connectivity index (χ2n) is 5.26. The number of rotatable bonds is 3. The van der Waals surface area contributed by atoms with Crippen LogP contribution in [0, 0.1) is 0 Å². The number of hydrogen-bond acceptors (Lipinski definition) is 4. The second kappa shape index (κ2) is 6.83. The average Bonchev–Trinajstić information content (AvgIpc) is 2.63. The number of aromatic nitrogens is 1. The van der Waals surface area contributed by atoms with E-state index in [1.165, 1.54) is 13.2 Å². The van der Waals surface area contributed by atoms with Crippen molar-refractivity contribution >= 4 is 17.6 Å². The smallest absolute Gasteiger partial charge is 0.343 e. The minimum atomic E-state index is -0.737. The van der Waals surface area contributed by atoms with E-state index in [9.17, 15) is 14.7 Å². The van der Waals surface area contributed by atoms with Crippen molar-refractivity contribution in [3.05, 3.63) is 81.6 Å². The van der Waals surface area contributed by atoms with E-state index in [-0.39, 0.29) is 5.56 Å². The molecule has 0 aliphatic rings. The van der Waals surface area contributed by atoms with Crippen LogP contribution < -0.4 is 5.56 Å². The van der Waals surface area contributed by atoms with Gasteiger partial charge in [-0.15, -0.1) is 0 Å². The first kappa shape index (κ1) is 16.8. The van der Waals surface area contributed by atoms with Crippen LogP contribution in [-0.2, 0) is 4.74 Å². The lowest BCUT2D eigenvalue weighted by molar-refractivity contribution is 0.0597. The highest BCUT2D eigenvalue weighted by Crippen LogP contribution is 2.31. The summed E-state index contributed by atoms with van der Waals surface area (Å²) in [7, 11) is 1.22. The summed E-state index contributed by atoms with van der Waals surface area (Å²) in [6.07, 6.45) is 0. The molecule has 0 saturated heterocycles. The quantitative estimate of drug-likeness (QED) is 0.728. The third-order valence-corrected chi connectivity index (χ3v) is 4.00. The van der Waals surface area contributed by atoms with E-state index in [1.807, 2.05) is 6.07 Å². The van der Waals surface area contributed by atoms with Crippen LogP contribution in [0.4, 0.5) is 0 Å². The van der Waals surface area contributed by atoms with Gasteiger partial charge in [-0.1, -0.05) is 41.9 Å². The Balaban J connectivity index is 2.32. The molecule has 3 rings (SSSR count). The van der Waals surface area contributed by atoms with Crippen LogP contribution in [0.1, 0.15) is 10.4 Å². The zero-order valence-corrected chi connectivity index (χ0v) is 14.0. The van der Waals surface area contributed by atoms with Crippen LogP contribution in [0.15, 0.2) is 65.5 Å². The number of pyridine rings is 1. The molecule has 0 fully saturated rings. The highest BCUT2D eigenvalue weighted by atomic mass is 35.5. The molecule has 0 unspecified atom stereocenters. The number of esters is 1. The lowest BCUT2D eigenvalue weighted by Gasteiger charge is -2.15. The number of carbonyl (C=O) groups is 1. The van der Waals surface area contributed by atoms with Crippen LogP contribution in [0.3, 0.4) is 0 Å². The van der Waals surface area contributed by atoms with Crippen molar-refractivity contribution in [1.82, 2.24) is 4.57 Å². The third-order valence-electron chi connectivity index (χ3n) is 3.75. The van der Waals surface area contributed by atoms with Crippen molar-refractivity contribution < 1.29 is 14.6 Å². The fourth-order valence-corrected chi connectivity index (χ4v) is 2.71. The monoisotopic (exact) mass is 355 g/mol. The molecule has 3 aromatic rings. The van der Waals surface area contributed by atoms with Crippen molar-refractivity contribution in [2.75, 3.05) is 7.11 Å². The Morgan fingerprint density at radius 2 is 1.72 bits per heavy atom. The maximum absolute atomic E-state index is 12.6. The summed E-state index contributed by atoms with van der Waals surface area (Å²) >= 11 is 5.86. The van der Waals surface area contributed by atoms with Gasteiger partial charge in [-0.3, -0.25) is 4.79 Å². The fraction of sp³-hybridized carbons (Fsp3) is 0.0526. The van der Waals surface area contributed by atoms with Crippen molar-refractivity contribution in [1.29, 1.82) is 0 Å². The number of benzene rings is 2. The molecule has 0 aliphatic heterocycles. The van der Waals surface area contributed by atoms with Gasteiger partial charge in [-0.25, -0.2) is 9.36 Å². The van der Waals surface area contributed by atoms with E-state index in [0.717, 1.165) is 4.57 Å².